The standard InChI is InChI=1S/C22H28N2O5/c1-24(11-9-15-7-8-19(26-2)22(12-15)28-4)10-5-6-17-16-13-21(27-3)18(25)14-20(16)29-23-17/h7-8,12-14,25H,5-6,9-11H2,1-4H3. The van der Waals surface area contributed by atoms with Gasteiger partial charge in [0.1, 0.15) is 0 Å². The molecule has 0 bridgehead atoms. The molecule has 0 aliphatic heterocycles. The number of nitrogens with zero attached hydrogens (tertiary/aromatic N) is 2. The summed E-state index contributed by atoms with van der Waals surface area (Å²) >= 11 is 0. The maximum Gasteiger partial charge on any atom is 0.171 e. The molecule has 0 atom stereocenters. The fraction of sp³-hybridized carbons (Fsp3) is 0.409. The van der Waals surface area contributed by atoms with Crippen LogP contribution in [0, 0.1) is 0 Å². The lowest BCUT2D eigenvalue weighted by atomic mass is 10.1. The highest BCUT2D eigenvalue weighted by atomic mass is 16.5. The number of fused-ring (bicyclic) bond motifs is 1. The number of ether oxygens (including phenoxy) is 3. The number of aromatic nitrogens is 1. The lowest BCUT2D eigenvalue weighted by molar-refractivity contribution is 0.330. The third kappa shape index (κ3) is 4.92. The van der Waals surface area contributed by atoms with Crippen LogP contribution in [0.15, 0.2) is 34.9 Å². The second-order valence-electron chi connectivity index (χ2n) is 7.00. The average molecular weight is 400 g/mol. The first-order chi connectivity index (χ1) is 14.0. The number of hydrogen-bond acceptors (Lipinski definition) is 7. The minimum atomic E-state index is 0.0533. The molecule has 0 unspecified atom stereocenters. The third-order valence-corrected chi connectivity index (χ3v) is 5.03. The van der Waals surface area contributed by atoms with E-state index in [0.717, 1.165) is 54.9 Å². The van der Waals surface area contributed by atoms with E-state index < -0.39 is 0 Å². The molecule has 3 rings (SSSR count). The minimum Gasteiger partial charge on any atom is -0.504 e. The molecule has 0 saturated heterocycles. The first-order valence-corrected chi connectivity index (χ1v) is 9.60. The van der Waals surface area contributed by atoms with Gasteiger partial charge in [0.25, 0.3) is 0 Å². The number of phenols is 1. The van der Waals surface area contributed by atoms with Gasteiger partial charge in [0.15, 0.2) is 28.6 Å². The maximum absolute atomic E-state index is 9.85. The van der Waals surface area contributed by atoms with Crippen LogP contribution in [-0.2, 0) is 12.8 Å². The zero-order valence-electron chi connectivity index (χ0n) is 17.4. The highest BCUT2D eigenvalue weighted by Gasteiger charge is 2.13. The van der Waals surface area contributed by atoms with E-state index in [1.54, 1.807) is 26.4 Å². The molecule has 0 saturated carbocycles. The number of likely N-dealkylation sites (N-methyl/N-ethyl adjacent to an activating group) is 1. The summed E-state index contributed by atoms with van der Waals surface area (Å²) < 4.78 is 21.2. The predicted octanol–water partition coefficient (Wildman–Crippen LogP) is 3.67. The van der Waals surface area contributed by atoms with Crippen molar-refractivity contribution in [1.82, 2.24) is 10.1 Å². The maximum atomic E-state index is 9.85. The second kappa shape index (κ2) is 9.52. The fourth-order valence-electron chi connectivity index (χ4n) is 3.33. The Kier molecular flexibility index (Phi) is 6.82. The molecule has 0 amide bonds. The Morgan fingerprint density at radius 3 is 2.41 bits per heavy atom. The van der Waals surface area contributed by atoms with Crippen LogP contribution < -0.4 is 14.2 Å². The van der Waals surface area contributed by atoms with Crippen molar-refractivity contribution in [2.45, 2.75) is 19.3 Å². The van der Waals surface area contributed by atoms with Gasteiger partial charge in [0, 0.05) is 18.0 Å². The summed E-state index contributed by atoms with van der Waals surface area (Å²) in [4.78, 5) is 2.30. The Bertz CT molecular complexity index is 954. The van der Waals surface area contributed by atoms with Crippen molar-refractivity contribution in [2.75, 3.05) is 41.5 Å². The Balaban J connectivity index is 1.51. The smallest absolute Gasteiger partial charge is 0.171 e. The first kappa shape index (κ1) is 20.8. The van der Waals surface area contributed by atoms with E-state index in [4.69, 9.17) is 18.7 Å². The summed E-state index contributed by atoms with van der Waals surface area (Å²) in [6.07, 6.45) is 2.68. The zero-order chi connectivity index (χ0) is 20.8. The van der Waals surface area contributed by atoms with E-state index in [9.17, 15) is 5.11 Å². The first-order valence-electron chi connectivity index (χ1n) is 9.60. The van der Waals surface area contributed by atoms with Crippen molar-refractivity contribution in [1.29, 1.82) is 0 Å². The van der Waals surface area contributed by atoms with Crippen molar-refractivity contribution >= 4 is 11.0 Å². The van der Waals surface area contributed by atoms with Crippen LogP contribution in [-0.4, -0.2) is 56.6 Å². The molecule has 0 aliphatic carbocycles. The molecule has 156 valence electrons. The summed E-state index contributed by atoms with van der Waals surface area (Å²) in [5.41, 5.74) is 2.66. The largest absolute Gasteiger partial charge is 0.504 e. The van der Waals surface area contributed by atoms with Crippen LogP contribution in [0.1, 0.15) is 17.7 Å². The molecule has 0 radical (unpaired) electrons. The SMILES string of the molecule is COc1cc2c(CCCN(C)CCc3ccc(OC)c(OC)c3)noc2cc1O. The molecule has 1 N–H and O–H groups in total. The van der Waals surface area contributed by atoms with Gasteiger partial charge in [-0.25, -0.2) is 0 Å². The quantitative estimate of drug-likeness (QED) is 0.556. The van der Waals surface area contributed by atoms with Crippen LogP contribution in [0.3, 0.4) is 0 Å². The van der Waals surface area contributed by atoms with Gasteiger partial charge in [0.2, 0.25) is 0 Å². The van der Waals surface area contributed by atoms with Crippen molar-refractivity contribution < 1.29 is 23.8 Å². The van der Waals surface area contributed by atoms with Crippen LogP contribution in [0.4, 0.5) is 0 Å². The number of aromatic hydroxyl groups is 1. The summed E-state index contributed by atoms with van der Waals surface area (Å²) in [6.45, 7) is 1.88. The number of aryl methyl sites for hydroxylation is 1. The molecular formula is C22H28N2O5. The van der Waals surface area contributed by atoms with Crippen LogP contribution >= 0.6 is 0 Å². The normalized spacial score (nSPS) is 11.2. The Hall–Kier alpha value is -2.93. The number of benzene rings is 2. The van der Waals surface area contributed by atoms with E-state index in [1.807, 2.05) is 12.1 Å². The van der Waals surface area contributed by atoms with E-state index >= 15 is 0 Å². The lowest BCUT2D eigenvalue weighted by Crippen LogP contribution is -2.22. The molecule has 0 fully saturated rings. The van der Waals surface area contributed by atoms with Gasteiger partial charge in [-0.15, -0.1) is 0 Å². The average Bonchev–Trinajstić information content (AvgIpc) is 3.12. The van der Waals surface area contributed by atoms with Gasteiger partial charge < -0.3 is 28.7 Å². The minimum absolute atomic E-state index is 0.0533. The molecule has 1 aromatic heterocycles. The highest BCUT2D eigenvalue weighted by Crippen LogP contribution is 2.33. The summed E-state index contributed by atoms with van der Waals surface area (Å²) in [5, 5.41) is 14.9. The van der Waals surface area contributed by atoms with E-state index in [0.29, 0.717) is 11.3 Å². The van der Waals surface area contributed by atoms with Gasteiger partial charge in [-0.2, -0.15) is 0 Å². The Morgan fingerprint density at radius 1 is 0.931 bits per heavy atom. The van der Waals surface area contributed by atoms with E-state index in [-0.39, 0.29) is 5.75 Å². The van der Waals surface area contributed by atoms with E-state index in [2.05, 4.69) is 23.2 Å². The number of phenolic OH excluding ortho intramolecular Hbond substituents is 1. The van der Waals surface area contributed by atoms with Gasteiger partial charge in [-0.1, -0.05) is 11.2 Å². The number of rotatable bonds is 10. The van der Waals surface area contributed by atoms with Gasteiger partial charge in [0.05, 0.1) is 27.0 Å². The van der Waals surface area contributed by atoms with Gasteiger partial charge in [-0.3, -0.25) is 0 Å². The molecule has 3 aromatic rings. The molecule has 0 aliphatic rings. The van der Waals surface area contributed by atoms with Gasteiger partial charge in [-0.05, 0) is 56.6 Å². The van der Waals surface area contributed by atoms with Crippen LogP contribution in [0.2, 0.25) is 0 Å². The summed E-state index contributed by atoms with van der Waals surface area (Å²) in [6, 6.07) is 9.35. The molecule has 7 heteroatoms. The number of methoxy groups -OCH3 is 3. The predicted molar refractivity (Wildman–Crippen MR) is 111 cm³/mol. The van der Waals surface area contributed by atoms with Crippen molar-refractivity contribution in [3.8, 4) is 23.0 Å². The Labute approximate surface area is 170 Å². The third-order valence-electron chi connectivity index (χ3n) is 5.03. The molecular weight excluding hydrogens is 372 g/mol. The number of hydrogen-bond donors (Lipinski definition) is 1. The van der Waals surface area contributed by atoms with Crippen molar-refractivity contribution in [3.63, 3.8) is 0 Å². The summed E-state index contributed by atoms with van der Waals surface area (Å²) in [5.74, 6) is 1.98. The van der Waals surface area contributed by atoms with Crippen molar-refractivity contribution in [2.24, 2.45) is 0 Å². The Morgan fingerprint density at radius 2 is 1.69 bits per heavy atom. The highest BCUT2D eigenvalue weighted by molar-refractivity contribution is 5.83. The van der Waals surface area contributed by atoms with Crippen molar-refractivity contribution in [3.05, 3.63) is 41.6 Å². The fourth-order valence-corrected chi connectivity index (χ4v) is 3.33. The molecule has 7 nitrogen and oxygen atoms in total. The van der Waals surface area contributed by atoms with Crippen LogP contribution in [0.5, 0.6) is 23.0 Å². The monoisotopic (exact) mass is 400 g/mol. The molecule has 2 aromatic carbocycles. The lowest BCUT2D eigenvalue weighted by Gasteiger charge is -2.17. The second-order valence-corrected chi connectivity index (χ2v) is 7.00. The molecule has 0 spiro atoms. The van der Waals surface area contributed by atoms with E-state index in [1.165, 1.54) is 12.7 Å². The summed E-state index contributed by atoms with van der Waals surface area (Å²) in [7, 11) is 6.94. The molecule has 29 heavy (non-hydrogen) atoms. The zero-order valence-corrected chi connectivity index (χ0v) is 17.4. The topological polar surface area (TPSA) is 77.2 Å². The molecule has 1 heterocycles. The van der Waals surface area contributed by atoms with Crippen LogP contribution in [0.25, 0.3) is 11.0 Å². The van der Waals surface area contributed by atoms with Gasteiger partial charge >= 0.3 is 0 Å².